The molecule has 12 nitrogen and oxygen atoms in total. The Bertz CT molecular complexity index is 2350. The molecule has 12 heteroatoms. The first-order chi connectivity index (χ1) is 28.6. The highest BCUT2D eigenvalue weighted by molar-refractivity contribution is 6.04. The third-order valence-electron chi connectivity index (χ3n) is 9.29. The fourth-order valence-electron chi connectivity index (χ4n) is 6.32. The molecule has 3 aliphatic rings. The Morgan fingerprint density at radius 3 is 1.17 bits per heavy atom. The van der Waals surface area contributed by atoms with Gasteiger partial charge in [0.2, 0.25) is 0 Å². The van der Waals surface area contributed by atoms with Crippen molar-refractivity contribution < 1.29 is 38.0 Å². The van der Waals surface area contributed by atoms with Crippen molar-refractivity contribution in [1.82, 2.24) is 20.8 Å². The molecule has 0 spiro atoms. The molecule has 12 bridgehead atoms. The van der Waals surface area contributed by atoms with Gasteiger partial charge in [0.25, 0.3) is 11.8 Å². The summed E-state index contributed by atoms with van der Waals surface area (Å²) in [4.78, 5) is 35.8. The molecule has 0 aliphatic carbocycles. The van der Waals surface area contributed by atoms with Crippen molar-refractivity contribution in [2.45, 2.75) is 0 Å². The van der Waals surface area contributed by atoms with Crippen LogP contribution in [0.2, 0.25) is 0 Å². The van der Waals surface area contributed by atoms with E-state index in [2.05, 4.69) is 35.1 Å². The molecule has 0 fully saturated rings. The molecule has 0 atom stereocenters. The predicted molar refractivity (Wildman–Crippen MR) is 219 cm³/mol. The second kappa shape index (κ2) is 18.3. The van der Waals surface area contributed by atoms with Gasteiger partial charge in [0, 0.05) is 33.0 Å². The zero-order valence-electron chi connectivity index (χ0n) is 31.5. The van der Waals surface area contributed by atoms with Gasteiger partial charge < -0.3 is 28.4 Å². The number of nitrogens with one attached hydrogen (secondary N) is 2. The van der Waals surface area contributed by atoms with Crippen molar-refractivity contribution in [3.63, 3.8) is 0 Å². The number of rotatable bonds is 0. The molecule has 0 unspecified atom stereocenters. The first kappa shape index (κ1) is 37.9. The van der Waals surface area contributed by atoms with E-state index in [1.54, 1.807) is 48.5 Å². The van der Waals surface area contributed by atoms with E-state index in [0.717, 1.165) is 44.3 Å². The summed E-state index contributed by atoms with van der Waals surface area (Å²) in [5, 5.41) is 2.01. The maximum Gasteiger partial charge on any atom is 0.269 e. The van der Waals surface area contributed by atoms with Gasteiger partial charge in [-0.05, 0) is 97.1 Å². The summed E-state index contributed by atoms with van der Waals surface area (Å²) in [6.07, 6.45) is 0. The van der Waals surface area contributed by atoms with Crippen molar-refractivity contribution >= 4 is 33.6 Å². The van der Waals surface area contributed by atoms with Crippen LogP contribution in [0, 0.1) is 0 Å². The van der Waals surface area contributed by atoms with Crippen LogP contribution in [0.1, 0.15) is 20.7 Å². The van der Waals surface area contributed by atoms with Gasteiger partial charge in [-0.25, -0.2) is 9.97 Å². The van der Waals surface area contributed by atoms with Crippen molar-refractivity contribution in [3.8, 4) is 45.5 Å². The van der Waals surface area contributed by atoms with Crippen molar-refractivity contribution in [2.75, 3.05) is 52.9 Å². The van der Waals surface area contributed by atoms with Crippen LogP contribution in [0.25, 0.3) is 44.3 Å². The lowest BCUT2D eigenvalue weighted by atomic mass is 10.1. The van der Waals surface area contributed by atoms with Gasteiger partial charge in [-0.15, -0.1) is 0 Å². The Morgan fingerprint density at radius 1 is 0.379 bits per heavy atom. The smallest absolute Gasteiger partial charge is 0.269 e. The Labute approximate surface area is 334 Å². The molecule has 0 saturated heterocycles. The molecule has 7 aromatic rings. The minimum absolute atomic E-state index is 0.271. The van der Waals surface area contributed by atoms with Crippen LogP contribution in [-0.2, 0) is 9.47 Å². The lowest BCUT2D eigenvalue weighted by Gasteiger charge is -2.12. The summed E-state index contributed by atoms with van der Waals surface area (Å²) < 4.78 is 34.8. The van der Waals surface area contributed by atoms with E-state index in [1.807, 2.05) is 60.7 Å². The number of hydrogen-bond donors (Lipinski definition) is 2. The molecule has 58 heavy (non-hydrogen) atoms. The number of benzene rings is 5. The standard InChI is InChI=1S/C46H40N4O8/c51-45-35-3-1-5-39(29-35)57-27-23-53-21-25-55-37-15-9-31(10-16-37)41-19-13-33-7-8-34-14-20-42(48-44(34)43(33)47-41)32-11-17-38(18-12-32)56-26-22-54-24-28-58-40-6-2-4-36(30-40)46(52)50-49-45/h1-20,29-30H,21-28H2,(H,49,51)(H,50,52). The first-order valence-electron chi connectivity index (χ1n) is 18.9. The molecular weight excluding hydrogens is 737 g/mol. The number of pyridine rings is 2. The predicted octanol–water partition coefficient (Wildman–Crippen LogP) is 7.45. The van der Waals surface area contributed by atoms with Crippen LogP contribution >= 0.6 is 0 Å². The summed E-state index contributed by atoms with van der Waals surface area (Å²) >= 11 is 0. The topological polar surface area (TPSA) is 139 Å². The van der Waals surface area contributed by atoms with E-state index in [9.17, 15) is 9.59 Å². The third-order valence-corrected chi connectivity index (χ3v) is 9.29. The van der Waals surface area contributed by atoms with Gasteiger partial charge in [-0.3, -0.25) is 20.4 Å². The lowest BCUT2D eigenvalue weighted by molar-refractivity contribution is 0.0762. The van der Waals surface area contributed by atoms with Crippen molar-refractivity contribution in [2.24, 2.45) is 0 Å². The Balaban J connectivity index is 0.957. The fourth-order valence-corrected chi connectivity index (χ4v) is 6.32. The number of amides is 2. The molecule has 0 saturated carbocycles. The maximum absolute atomic E-state index is 12.8. The minimum Gasteiger partial charge on any atom is -0.491 e. The van der Waals surface area contributed by atoms with Gasteiger partial charge in [0.15, 0.2) is 0 Å². The number of carbonyl (C=O) groups is 2. The zero-order chi connectivity index (χ0) is 39.5. The largest absolute Gasteiger partial charge is 0.491 e. The number of hydrazine groups is 1. The summed E-state index contributed by atoms with van der Waals surface area (Å²) in [7, 11) is 0. The van der Waals surface area contributed by atoms with Gasteiger partial charge in [-0.1, -0.05) is 36.4 Å². The third kappa shape index (κ3) is 9.49. The molecular formula is C46H40N4O8. The SMILES string of the molecule is O=C1NNC(=O)c2cccc(c2)OCCOCCOc2ccc(cc2)-c2ccc3ccc4ccc(nc4c3n2)-c2ccc(cc2)OCCOCCOc2cccc1c2. The second-order valence-corrected chi connectivity index (χ2v) is 13.2. The molecule has 10 rings (SSSR count). The van der Waals surface area contributed by atoms with Crippen LogP contribution in [0.15, 0.2) is 133 Å². The molecule has 292 valence electrons. The quantitative estimate of drug-likeness (QED) is 0.149. The molecule has 0 radical (unpaired) electrons. The normalized spacial score (nSPS) is 14.8. The maximum atomic E-state index is 12.8. The van der Waals surface area contributed by atoms with E-state index < -0.39 is 11.8 Å². The van der Waals surface area contributed by atoms with E-state index in [1.165, 1.54) is 0 Å². The number of carbonyl (C=O) groups excluding carboxylic acids is 2. The summed E-state index contributed by atoms with van der Waals surface area (Å²) in [6, 6.07) is 41.3. The molecule has 2 aromatic heterocycles. The van der Waals surface area contributed by atoms with Crippen molar-refractivity contribution in [3.05, 3.63) is 145 Å². The lowest BCUT2D eigenvalue weighted by Crippen LogP contribution is -2.41. The Kier molecular flexibility index (Phi) is 11.9. The van der Waals surface area contributed by atoms with Gasteiger partial charge in [-0.2, -0.15) is 0 Å². The van der Waals surface area contributed by atoms with Gasteiger partial charge in [0.1, 0.15) is 49.4 Å². The molecule has 5 heterocycles. The number of aromatic nitrogens is 2. The highest BCUT2D eigenvalue weighted by Crippen LogP contribution is 2.30. The van der Waals surface area contributed by atoms with E-state index in [4.69, 9.17) is 38.4 Å². The van der Waals surface area contributed by atoms with E-state index >= 15 is 0 Å². The molecule has 2 N–H and O–H groups in total. The highest BCUT2D eigenvalue weighted by atomic mass is 16.5. The van der Waals surface area contributed by atoms with E-state index in [-0.39, 0.29) is 13.2 Å². The van der Waals surface area contributed by atoms with Crippen LogP contribution in [-0.4, -0.2) is 74.6 Å². The number of fused-ring (bicyclic) bond motifs is 2. The number of hydrogen-bond acceptors (Lipinski definition) is 10. The highest BCUT2D eigenvalue weighted by Gasteiger charge is 2.13. The van der Waals surface area contributed by atoms with Crippen molar-refractivity contribution in [1.29, 1.82) is 0 Å². The molecule has 5 aromatic carbocycles. The average Bonchev–Trinajstić information content (AvgIpc) is 3.27. The number of nitrogens with zero attached hydrogens (tertiary/aromatic N) is 2. The first-order valence-corrected chi connectivity index (χ1v) is 18.9. The average molecular weight is 777 g/mol. The fraction of sp³-hybridized carbons (Fsp3) is 0.174. The Morgan fingerprint density at radius 2 is 0.759 bits per heavy atom. The molecule has 3 aliphatic heterocycles. The minimum atomic E-state index is -0.498. The van der Waals surface area contributed by atoms with Gasteiger partial charge >= 0.3 is 0 Å². The van der Waals surface area contributed by atoms with Crippen LogP contribution in [0.5, 0.6) is 23.0 Å². The van der Waals surface area contributed by atoms with E-state index in [0.29, 0.717) is 73.8 Å². The van der Waals surface area contributed by atoms with Gasteiger partial charge in [0.05, 0.1) is 48.8 Å². The summed E-state index contributed by atoms with van der Waals surface area (Å²) in [6.45, 7) is 2.63. The zero-order valence-corrected chi connectivity index (χ0v) is 31.5. The number of ether oxygens (including phenoxy) is 6. The van der Waals surface area contributed by atoms with Crippen LogP contribution in [0.3, 0.4) is 0 Å². The Hall–Kier alpha value is -7.02. The monoisotopic (exact) mass is 776 g/mol. The van der Waals surface area contributed by atoms with Crippen LogP contribution in [0.4, 0.5) is 0 Å². The summed E-state index contributed by atoms with van der Waals surface area (Å²) in [5.41, 5.74) is 10.8. The molecule has 2 amide bonds. The summed E-state index contributed by atoms with van der Waals surface area (Å²) in [5.74, 6) is 1.42. The van der Waals surface area contributed by atoms with Crippen LogP contribution < -0.4 is 29.8 Å². The second-order valence-electron chi connectivity index (χ2n) is 13.2.